The summed E-state index contributed by atoms with van der Waals surface area (Å²) in [6.07, 6.45) is -2.33. The van der Waals surface area contributed by atoms with E-state index in [1.807, 2.05) is 71.9 Å². The van der Waals surface area contributed by atoms with E-state index in [0.29, 0.717) is 43.7 Å². The van der Waals surface area contributed by atoms with Gasteiger partial charge in [-0.25, -0.2) is 14.5 Å². The summed E-state index contributed by atoms with van der Waals surface area (Å²) in [4.78, 5) is 44.5. The summed E-state index contributed by atoms with van der Waals surface area (Å²) < 4.78 is 18.5. The predicted octanol–water partition coefficient (Wildman–Crippen LogP) is 8.43. The third kappa shape index (κ3) is 5.81. The Morgan fingerprint density at radius 2 is 1.53 bits per heavy atom. The molecule has 0 bridgehead atoms. The lowest BCUT2D eigenvalue weighted by molar-refractivity contribution is -0.159. The summed E-state index contributed by atoms with van der Waals surface area (Å²) in [7, 11) is 0. The average molecular weight is 707 g/mol. The first kappa shape index (κ1) is 34.5. The van der Waals surface area contributed by atoms with Crippen molar-refractivity contribution in [3.8, 4) is 11.5 Å². The maximum absolute atomic E-state index is 15.4. The molecular formula is C38H44BrNO7. The maximum atomic E-state index is 15.4. The zero-order valence-corrected chi connectivity index (χ0v) is 30.4. The number of carbonyl (C=O) groups is 3. The van der Waals surface area contributed by atoms with Crippen molar-refractivity contribution in [3.63, 3.8) is 0 Å². The quantitative estimate of drug-likeness (QED) is 0.273. The van der Waals surface area contributed by atoms with E-state index in [2.05, 4.69) is 15.9 Å². The lowest BCUT2D eigenvalue weighted by Crippen LogP contribution is -2.61. The fraction of sp³-hybridized carbons (Fsp3) is 0.447. The summed E-state index contributed by atoms with van der Waals surface area (Å²) in [6, 6.07) is 16.3. The average Bonchev–Trinajstić information content (AvgIpc) is 3.18. The van der Waals surface area contributed by atoms with Gasteiger partial charge in [-0.05, 0) is 85.0 Å². The summed E-state index contributed by atoms with van der Waals surface area (Å²) in [5.41, 5.74) is -0.244. The number of carbonyl (C=O) groups excluding carboxylic acids is 3. The zero-order chi connectivity index (χ0) is 34.9. The van der Waals surface area contributed by atoms with Gasteiger partial charge in [0.15, 0.2) is 0 Å². The standard InChI is InChI=1S/C38H44BrNO7/c1-11-45-32(42)31-38(24-20-22(39)16-17-27(24)40(33(38)43)34(44)47-37(8,9)10)29(23-14-12-13-15-28(23)46-31)21-18-25(35(2,3)4)30(41)26(19-21)36(5,6)7/h12-20,29,31,41H,11H2,1-10H3/t29-,31-,38+/m1/s1. The number of aromatic hydroxyl groups is 1. The lowest BCUT2D eigenvalue weighted by atomic mass is 9.60. The lowest BCUT2D eigenvalue weighted by Gasteiger charge is -2.46. The van der Waals surface area contributed by atoms with Gasteiger partial charge >= 0.3 is 12.1 Å². The van der Waals surface area contributed by atoms with Gasteiger partial charge in [-0.15, -0.1) is 0 Å². The SMILES string of the molecule is CCOC(=O)[C@H]1Oc2ccccc2[C@@H](c2cc(C(C)(C)C)c(O)c(C(C)(C)C)c2)[C@]12C(=O)N(C(=O)OC(C)(C)C)c1ccc(Br)cc12. The number of phenols is 1. The summed E-state index contributed by atoms with van der Waals surface area (Å²) in [5, 5.41) is 11.7. The highest BCUT2D eigenvalue weighted by atomic mass is 79.9. The van der Waals surface area contributed by atoms with Crippen LogP contribution in [-0.2, 0) is 35.3 Å². The minimum absolute atomic E-state index is 0.0535. The molecule has 250 valence electrons. The topological polar surface area (TPSA) is 102 Å². The highest BCUT2D eigenvalue weighted by molar-refractivity contribution is 9.10. The highest BCUT2D eigenvalue weighted by Crippen LogP contribution is 2.60. The number of imide groups is 1. The van der Waals surface area contributed by atoms with Crippen LogP contribution < -0.4 is 9.64 Å². The number of benzene rings is 3. The minimum Gasteiger partial charge on any atom is -0.507 e. The molecule has 9 heteroatoms. The number of ether oxygens (including phenoxy) is 3. The highest BCUT2D eigenvalue weighted by Gasteiger charge is 2.68. The molecule has 0 saturated carbocycles. The van der Waals surface area contributed by atoms with Gasteiger partial charge < -0.3 is 19.3 Å². The van der Waals surface area contributed by atoms with Crippen LogP contribution in [0.15, 0.2) is 59.1 Å². The molecule has 3 atom stereocenters. The van der Waals surface area contributed by atoms with Gasteiger partial charge in [0.25, 0.3) is 5.91 Å². The van der Waals surface area contributed by atoms with Crippen molar-refractivity contribution in [2.45, 2.75) is 103 Å². The number of rotatable bonds is 3. The molecule has 2 aliphatic heterocycles. The number of esters is 1. The summed E-state index contributed by atoms with van der Waals surface area (Å²) in [6.45, 7) is 19.0. The third-order valence-electron chi connectivity index (χ3n) is 8.70. The number of hydrogen-bond donors (Lipinski definition) is 1. The van der Waals surface area contributed by atoms with Crippen LogP contribution in [0.3, 0.4) is 0 Å². The normalized spacial score (nSPS) is 20.8. The second-order valence-electron chi connectivity index (χ2n) is 15.3. The Balaban J connectivity index is 1.96. The van der Waals surface area contributed by atoms with Crippen LogP contribution in [0.25, 0.3) is 0 Å². The summed E-state index contributed by atoms with van der Waals surface area (Å²) >= 11 is 3.59. The first-order valence-corrected chi connectivity index (χ1v) is 16.7. The van der Waals surface area contributed by atoms with Gasteiger partial charge in [-0.1, -0.05) is 87.8 Å². The molecule has 0 fully saturated rings. The monoisotopic (exact) mass is 705 g/mol. The van der Waals surface area contributed by atoms with Crippen LogP contribution >= 0.6 is 15.9 Å². The number of anilines is 1. The molecule has 0 aliphatic carbocycles. The number of para-hydroxylation sites is 1. The Kier molecular flexibility index (Phi) is 8.57. The van der Waals surface area contributed by atoms with Gasteiger partial charge in [-0.2, -0.15) is 0 Å². The van der Waals surface area contributed by atoms with Gasteiger partial charge in [0, 0.05) is 16.0 Å². The smallest absolute Gasteiger partial charge is 0.421 e. The van der Waals surface area contributed by atoms with E-state index < -0.39 is 51.8 Å². The van der Waals surface area contributed by atoms with Gasteiger partial charge in [0.2, 0.25) is 6.10 Å². The van der Waals surface area contributed by atoms with E-state index in [-0.39, 0.29) is 12.4 Å². The molecule has 8 nitrogen and oxygen atoms in total. The Bertz CT molecular complexity index is 1730. The van der Waals surface area contributed by atoms with Crippen molar-refractivity contribution in [1.29, 1.82) is 0 Å². The zero-order valence-electron chi connectivity index (χ0n) is 28.8. The molecule has 0 saturated heterocycles. The molecule has 3 aromatic carbocycles. The Hall–Kier alpha value is -3.85. The Morgan fingerprint density at radius 1 is 0.936 bits per heavy atom. The Morgan fingerprint density at radius 3 is 2.09 bits per heavy atom. The molecular weight excluding hydrogens is 662 g/mol. The number of phenolic OH excluding ortho intramolecular Hbond substituents is 1. The first-order valence-electron chi connectivity index (χ1n) is 15.9. The molecule has 47 heavy (non-hydrogen) atoms. The van der Waals surface area contributed by atoms with Crippen LogP contribution in [0.4, 0.5) is 10.5 Å². The second kappa shape index (κ2) is 11.7. The van der Waals surface area contributed by atoms with E-state index in [4.69, 9.17) is 14.2 Å². The number of fused-ring (bicyclic) bond motifs is 3. The van der Waals surface area contributed by atoms with Gasteiger partial charge in [0.05, 0.1) is 12.3 Å². The molecule has 0 radical (unpaired) electrons. The number of halogens is 1. The van der Waals surface area contributed by atoms with Crippen LogP contribution in [-0.4, -0.2) is 41.4 Å². The largest absolute Gasteiger partial charge is 0.507 e. The number of nitrogens with zero attached hydrogens (tertiary/aromatic N) is 1. The summed E-state index contributed by atoms with van der Waals surface area (Å²) in [5.74, 6) is -1.65. The van der Waals surface area contributed by atoms with Gasteiger partial charge in [0.1, 0.15) is 22.5 Å². The van der Waals surface area contributed by atoms with E-state index in [9.17, 15) is 14.7 Å². The van der Waals surface area contributed by atoms with E-state index in [0.717, 1.165) is 4.90 Å². The molecule has 1 spiro atoms. The molecule has 2 amide bonds. The van der Waals surface area contributed by atoms with Crippen LogP contribution in [0.5, 0.6) is 11.5 Å². The molecule has 2 heterocycles. The number of hydrogen-bond acceptors (Lipinski definition) is 7. The maximum Gasteiger partial charge on any atom is 0.421 e. The number of amides is 2. The van der Waals surface area contributed by atoms with Gasteiger partial charge in [-0.3, -0.25) is 4.79 Å². The predicted molar refractivity (Wildman–Crippen MR) is 184 cm³/mol. The molecule has 0 aromatic heterocycles. The first-order chi connectivity index (χ1) is 21.7. The van der Waals surface area contributed by atoms with E-state index in [1.165, 1.54) is 0 Å². The van der Waals surface area contributed by atoms with Crippen molar-refractivity contribution in [1.82, 2.24) is 0 Å². The van der Waals surface area contributed by atoms with Crippen molar-refractivity contribution in [2.24, 2.45) is 0 Å². The van der Waals surface area contributed by atoms with Crippen molar-refractivity contribution in [2.75, 3.05) is 11.5 Å². The van der Waals surface area contributed by atoms with Crippen molar-refractivity contribution < 1.29 is 33.7 Å². The van der Waals surface area contributed by atoms with Crippen molar-refractivity contribution >= 4 is 39.6 Å². The van der Waals surface area contributed by atoms with Crippen LogP contribution in [0.1, 0.15) is 103 Å². The van der Waals surface area contributed by atoms with Crippen LogP contribution in [0, 0.1) is 0 Å². The molecule has 2 aliphatic rings. The van der Waals surface area contributed by atoms with E-state index in [1.54, 1.807) is 52.0 Å². The van der Waals surface area contributed by atoms with Crippen molar-refractivity contribution in [3.05, 3.63) is 86.9 Å². The minimum atomic E-state index is -1.81. The van der Waals surface area contributed by atoms with Crippen LogP contribution in [0.2, 0.25) is 0 Å². The second-order valence-corrected chi connectivity index (χ2v) is 16.3. The molecule has 5 rings (SSSR count). The molecule has 3 aromatic rings. The molecule has 0 unspecified atom stereocenters. The molecule has 1 N–H and O–H groups in total. The fourth-order valence-corrected chi connectivity index (χ4v) is 7.13. The third-order valence-corrected chi connectivity index (χ3v) is 9.20. The van der Waals surface area contributed by atoms with E-state index >= 15 is 4.79 Å². The Labute approximate surface area is 285 Å². The fourth-order valence-electron chi connectivity index (χ4n) is 6.77.